The molecular weight excluding hydrogens is 366 g/mol. The van der Waals surface area contributed by atoms with Gasteiger partial charge < -0.3 is 12.4 Å². The van der Waals surface area contributed by atoms with Crippen molar-refractivity contribution >= 4 is 5.91 Å². The van der Waals surface area contributed by atoms with E-state index < -0.39 is 0 Å². The van der Waals surface area contributed by atoms with Gasteiger partial charge in [-0.1, -0.05) is 116 Å². The van der Waals surface area contributed by atoms with Crippen molar-refractivity contribution in [3.8, 4) is 0 Å². The maximum Gasteiger partial charge on any atom is 0.313 e. The molecule has 0 aliphatic carbocycles. The van der Waals surface area contributed by atoms with Crippen LogP contribution in [-0.4, -0.2) is 31.0 Å². The molecule has 0 saturated carbocycles. The lowest BCUT2D eigenvalue weighted by Gasteiger charge is -2.25. The van der Waals surface area contributed by atoms with Crippen LogP contribution in [0.2, 0.25) is 0 Å². The first-order valence-electron chi connectivity index (χ1n) is 12.0. The van der Waals surface area contributed by atoms with E-state index in [-0.39, 0.29) is 12.4 Å². The highest BCUT2D eigenvalue weighted by Crippen LogP contribution is 2.15. The summed E-state index contributed by atoms with van der Waals surface area (Å²) in [7, 11) is 3.97. The lowest BCUT2D eigenvalue weighted by molar-refractivity contribution is -0.807. The second-order valence-corrected chi connectivity index (χ2v) is 8.96. The van der Waals surface area contributed by atoms with Crippen molar-refractivity contribution in [3.05, 3.63) is 12.7 Å². The van der Waals surface area contributed by atoms with E-state index in [1.54, 1.807) is 0 Å². The van der Waals surface area contributed by atoms with Crippen LogP contribution in [0.1, 0.15) is 122 Å². The van der Waals surface area contributed by atoms with E-state index in [0.29, 0.717) is 10.4 Å². The topological polar surface area (TPSA) is 17.1 Å². The van der Waals surface area contributed by atoms with Crippen LogP contribution in [0.25, 0.3) is 0 Å². The number of rotatable bonds is 20. The van der Waals surface area contributed by atoms with Crippen LogP contribution in [0.3, 0.4) is 0 Å². The highest BCUT2D eigenvalue weighted by molar-refractivity contribution is 5.68. The zero-order valence-electron chi connectivity index (χ0n) is 19.5. The Morgan fingerprint density at radius 1 is 0.679 bits per heavy atom. The third-order valence-corrected chi connectivity index (χ3v) is 5.75. The minimum absolute atomic E-state index is 0. The molecule has 0 aromatic rings. The van der Waals surface area contributed by atoms with Crippen LogP contribution in [0.5, 0.6) is 0 Å². The second-order valence-electron chi connectivity index (χ2n) is 8.96. The van der Waals surface area contributed by atoms with Crippen LogP contribution in [-0.2, 0) is 4.79 Å². The molecule has 0 aromatic carbocycles. The Hall–Kier alpha value is -0.340. The molecule has 0 rings (SSSR count). The van der Waals surface area contributed by atoms with Gasteiger partial charge in [0.2, 0.25) is 0 Å². The van der Waals surface area contributed by atoms with E-state index in [4.69, 9.17) is 0 Å². The van der Waals surface area contributed by atoms with Crippen LogP contribution in [0, 0.1) is 0 Å². The largest absolute Gasteiger partial charge is 1.00 e. The number of hydrogen-bond donors (Lipinski definition) is 0. The van der Waals surface area contributed by atoms with Crippen molar-refractivity contribution < 1.29 is 21.7 Å². The van der Waals surface area contributed by atoms with E-state index in [9.17, 15) is 4.79 Å². The molecule has 0 fully saturated rings. The molecule has 168 valence electrons. The molecule has 2 nitrogen and oxygen atoms in total. The Morgan fingerprint density at radius 2 is 1.00 bits per heavy atom. The molecule has 0 saturated heterocycles. The number of likely N-dealkylation sites (N-methyl/N-ethyl adjacent to an activating group) is 1. The normalized spacial score (nSPS) is 11.2. The van der Waals surface area contributed by atoms with Gasteiger partial charge in [0.15, 0.2) is 0 Å². The zero-order chi connectivity index (χ0) is 20.2. The molecule has 0 heterocycles. The quantitative estimate of drug-likeness (QED) is 0.158. The molecule has 0 unspecified atom stereocenters. The fourth-order valence-electron chi connectivity index (χ4n) is 3.73. The predicted molar refractivity (Wildman–Crippen MR) is 121 cm³/mol. The van der Waals surface area contributed by atoms with Gasteiger partial charge in [-0.05, 0) is 12.5 Å². The van der Waals surface area contributed by atoms with Crippen molar-refractivity contribution in [1.29, 1.82) is 0 Å². The van der Waals surface area contributed by atoms with Gasteiger partial charge in [-0.15, -0.1) is 0 Å². The van der Waals surface area contributed by atoms with Gasteiger partial charge in [-0.25, -0.2) is 4.79 Å². The van der Waals surface area contributed by atoms with Gasteiger partial charge >= 0.3 is 5.91 Å². The molecule has 28 heavy (non-hydrogen) atoms. The van der Waals surface area contributed by atoms with E-state index in [1.165, 1.54) is 103 Å². The van der Waals surface area contributed by atoms with E-state index in [0.717, 1.165) is 19.4 Å². The Morgan fingerprint density at radius 3 is 1.32 bits per heavy atom. The fraction of sp³-hybridized carbons (Fsp3) is 0.880. The van der Waals surface area contributed by atoms with Crippen LogP contribution in [0.4, 0.5) is 0 Å². The molecule has 0 aromatic heterocycles. The maximum absolute atomic E-state index is 12.1. The lowest BCUT2D eigenvalue weighted by atomic mass is 10.0. The summed E-state index contributed by atoms with van der Waals surface area (Å²) in [5.41, 5.74) is 0. The number of carbonyl (C=O) groups excluding carboxylic acids is 1. The minimum Gasteiger partial charge on any atom is -1.00 e. The van der Waals surface area contributed by atoms with E-state index >= 15 is 0 Å². The molecule has 0 aliphatic heterocycles. The summed E-state index contributed by atoms with van der Waals surface area (Å²) in [4.78, 5) is 12.1. The van der Waals surface area contributed by atoms with Gasteiger partial charge in [0, 0.05) is 0 Å². The Bertz CT molecular complexity index is 354. The third kappa shape index (κ3) is 19.0. The van der Waals surface area contributed by atoms with Gasteiger partial charge in [0.05, 0.1) is 20.5 Å². The van der Waals surface area contributed by atoms with Crippen LogP contribution >= 0.6 is 0 Å². The zero-order valence-corrected chi connectivity index (χ0v) is 20.2. The summed E-state index contributed by atoms with van der Waals surface area (Å²) in [6.07, 6.45) is 26.0. The van der Waals surface area contributed by atoms with E-state index in [2.05, 4.69) is 13.5 Å². The number of nitrogens with zero attached hydrogens (tertiary/aromatic N) is 1. The number of unbranched alkanes of at least 4 members (excludes halogenated alkanes) is 16. The summed E-state index contributed by atoms with van der Waals surface area (Å²) in [6, 6.07) is 0. The average molecular weight is 416 g/mol. The summed E-state index contributed by atoms with van der Waals surface area (Å²) in [6.45, 7) is 6.76. The van der Waals surface area contributed by atoms with Crippen molar-refractivity contribution in [2.45, 2.75) is 122 Å². The van der Waals surface area contributed by atoms with Gasteiger partial charge in [-0.3, -0.25) is 4.48 Å². The van der Waals surface area contributed by atoms with Crippen molar-refractivity contribution in [3.63, 3.8) is 0 Å². The molecule has 3 heteroatoms. The highest BCUT2D eigenvalue weighted by Gasteiger charge is 2.23. The Kier molecular flexibility index (Phi) is 22.8. The minimum atomic E-state index is 0. The van der Waals surface area contributed by atoms with Crippen molar-refractivity contribution in [1.82, 2.24) is 0 Å². The number of hydrogen-bond acceptors (Lipinski definition) is 1. The Labute approximate surface area is 183 Å². The summed E-state index contributed by atoms with van der Waals surface area (Å²) >= 11 is 0. The SMILES string of the molecule is C=CC[N+](C)(C)C(=O)CCCCCCCCCCCCCCCCCCC.[Cl-]. The monoisotopic (exact) mass is 415 g/mol. The first-order chi connectivity index (χ1) is 13.0. The molecule has 1 amide bonds. The fourth-order valence-corrected chi connectivity index (χ4v) is 3.73. The molecule has 0 atom stereocenters. The van der Waals surface area contributed by atoms with E-state index in [1.807, 2.05) is 20.2 Å². The number of quaternary nitrogens is 1. The molecule has 0 radical (unpaired) electrons. The highest BCUT2D eigenvalue weighted by atomic mass is 35.5. The molecule has 0 bridgehead atoms. The van der Waals surface area contributed by atoms with Crippen LogP contribution in [0.15, 0.2) is 12.7 Å². The maximum atomic E-state index is 12.1. The van der Waals surface area contributed by atoms with Gasteiger partial charge in [0.1, 0.15) is 6.54 Å². The summed E-state index contributed by atoms with van der Waals surface area (Å²) in [5.74, 6) is 0.343. The summed E-state index contributed by atoms with van der Waals surface area (Å²) in [5, 5.41) is 0. The smallest absolute Gasteiger partial charge is 0.313 e. The van der Waals surface area contributed by atoms with Gasteiger partial charge in [-0.2, -0.15) is 0 Å². The lowest BCUT2D eigenvalue weighted by Crippen LogP contribution is -3.00. The average Bonchev–Trinajstić information content (AvgIpc) is 2.64. The second kappa shape index (κ2) is 21.4. The molecule has 0 spiro atoms. The first kappa shape index (κ1) is 29.9. The number of halogens is 1. The molecule has 0 aliphatic rings. The standard InChI is InChI=1S/C25H50NO.ClH/c1-5-7-8-9-10-11-12-13-14-15-16-17-18-19-20-21-22-23-25(27)26(3,4)24-6-2;/h6H,2,5,7-24H2,1,3-4H3;1H/q+1;/p-1. The Balaban J connectivity index is 0. The van der Waals surface area contributed by atoms with Crippen molar-refractivity contribution in [2.24, 2.45) is 0 Å². The van der Waals surface area contributed by atoms with Crippen molar-refractivity contribution in [2.75, 3.05) is 20.6 Å². The summed E-state index contributed by atoms with van der Waals surface area (Å²) < 4.78 is 0.447. The predicted octanol–water partition coefficient (Wildman–Crippen LogP) is 4.82. The first-order valence-corrected chi connectivity index (χ1v) is 12.0. The molecule has 0 N–H and O–H groups in total. The number of amides is 1. The van der Waals surface area contributed by atoms with Gasteiger partial charge in [0.25, 0.3) is 0 Å². The molecular formula is C25H50ClNO. The van der Waals surface area contributed by atoms with Crippen LogP contribution < -0.4 is 12.4 Å². The third-order valence-electron chi connectivity index (χ3n) is 5.75. The number of carbonyl (C=O) groups is 1.